The average Bonchev–Trinajstić information content (AvgIpc) is 3.09. The molecule has 3 atom stereocenters. The minimum absolute atomic E-state index is 0.357. The molecular formula is C17H31N3O. The van der Waals surface area contributed by atoms with Gasteiger partial charge < -0.3 is 10.1 Å². The molecule has 0 spiro atoms. The van der Waals surface area contributed by atoms with Gasteiger partial charge in [0.05, 0.1) is 17.8 Å². The van der Waals surface area contributed by atoms with Gasteiger partial charge in [-0.1, -0.05) is 20.8 Å². The van der Waals surface area contributed by atoms with Crippen LogP contribution in [0.25, 0.3) is 0 Å². The van der Waals surface area contributed by atoms with E-state index in [1.807, 2.05) is 0 Å². The average molecular weight is 293 g/mol. The molecule has 0 amide bonds. The number of rotatable bonds is 8. The van der Waals surface area contributed by atoms with E-state index in [2.05, 4.69) is 50.0 Å². The maximum Gasteiger partial charge on any atom is 0.0640 e. The number of hydrogen-bond acceptors (Lipinski definition) is 3. The van der Waals surface area contributed by atoms with Crippen molar-refractivity contribution < 1.29 is 4.74 Å². The van der Waals surface area contributed by atoms with Gasteiger partial charge in [0.1, 0.15) is 0 Å². The van der Waals surface area contributed by atoms with Gasteiger partial charge in [-0.3, -0.25) is 4.68 Å². The Balaban J connectivity index is 2.03. The van der Waals surface area contributed by atoms with Crippen molar-refractivity contribution in [3.05, 3.63) is 18.0 Å². The molecule has 0 aromatic carbocycles. The van der Waals surface area contributed by atoms with E-state index in [-0.39, 0.29) is 0 Å². The van der Waals surface area contributed by atoms with Crippen LogP contribution in [-0.2, 0) is 11.2 Å². The zero-order valence-corrected chi connectivity index (χ0v) is 14.0. The molecule has 120 valence electrons. The Labute approximate surface area is 129 Å². The Hall–Kier alpha value is -0.870. The van der Waals surface area contributed by atoms with E-state index in [4.69, 9.17) is 9.84 Å². The molecule has 0 aliphatic carbocycles. The molecule has 2 rings (SSSR count). The lowest BCUT2D eigenvalue weighted by Gasteiger charge is -2.26. The number of nitrogens with zero attached hydrogens (tertiary/aromatic N) is 2. The summed E-state index contributed by atoms with van der Waals surface area (Å²) in [6.45, 7) is 10.7. The molecular weight excluding hydrogens is 262 g/mol. The van der Waals surface area contributed by atoms with Gasteiger partial charge in [-0.25, -0.2) is 0 Å². The summed E-state index contributed by atoms with van der Waals surface area (Å²) in [5, 5.41) is 8.45. The fourth-order valence-electron chi connectivity index (χ4n) is 3.49. The second kappa shape index (κ2) is 7.95. The smallest absolute Gasteiger partial charge is 0.0640 e. The van der Waals surface area contributed by atoms with Gasteiger partial charge in [0.2, 0.25) is 0 Å². The van der Waals surface area contributed by atoms with Crippen molar-refractivity contribution in [2.45, 2.75) is 71.6 Å². The summed E-state index contributed by atoms with van der Waals surface area (Å²) in [5.41, 5.74) is 1.20. The van der Waals surface area contributed by atoms with Crippen molar-refractivity contribution in [3.8, 4) is 0 Å². The Morgan fingerprint density at radius 2 is 2.14 bits per heavy atom. The van der Waals surface area contributed by atoms with E-state index in [1.165, 1.54) is 5.69 Å². The first-order valence-corrected chi connectivity index (χ1v) is 8.58. The van der Waals surface area contributed by atoms with Crippen LogP contribution in [0.4, 0.5) is 0 Å². The zero-order valence-electron chi connectivity index (χ0n) is 14.0. The van der Waals surface area contributed by atoms with Crippen molar-refractivity contribution in [2.24, 2.45) is 5.92 Å². The van der Waals surface area contributed by atoms with Gasteiger partial charge in [0, 0.05) is 31.2 Å². The Bertz CT molecular complexity index is 414. The summed E-state index contributed by atoms with van der Waals surface area (Å²) >= 11 is 0. The van der Waals surface area contributed by atoms with Crippen molar-refractivity contribution >= 4 is 0 Å². The summed E-state index contributed by atoms with van der Waals surface area (Å²) in [6, 6.07) is 3.19. The quantitative estimate of drug-likeness (QED) is 0.800. The fourth-order valence-corrected chi connectivity index (χ4v) is 3.49. The van der Waals surface area contributed by atoms with Crippen molar-refractivity contribution in [2.75, 3.05) is 13.2 Å². The summed E-state index contributed by atoms with van der Waals surface area (Å²) in [7, 11) is 0. The second-order valence-corrected chi connectivity index (χ2v) is 6.15. The third kappa shape index (κ3) is 4.07. The minimum atomic E-state index is 0.357. The summed E-state index contributed by atoms with van der Waals surface area (Å²) in [6.07, 6.45) is 6.94. The molecule has 1 aliphatic rings. The van der Waals surface area contributed by atoms with Crippen LogP contribution < -0.4 is 5.32 Å². The molecule has 1 N–H and O–H groups in total. The van der Waals surface area contributed by atoms with Crippen LogP contribution in [0.15, 0.2) is 12.3 Å². The molecule has 0 radical (unpaired) electrons. The monoisotopic (exact) mass is 293 g/mol. The standard InChI is InChI=1S/C17H31N3O/c1-5-15(6-2)20-10-8-14(19-20)12-17(18-7-3)16-9-11-21-13(16)4/h8,10,13,15-18H,5-7,9,11-12H2,1-4H3. The number of aromatic nitrogens is 2. The first-order chi connectivity index (χ1) is 10.2. The molecule has 1 saturated heterocycles. The summed E-state index contributed by atoms with van der Waals surface area (Å²) < 4.78 is 7.89. The second-order valence-electron chi connectivity index (χ2n) is 6.15. The number of hydrogen-bond donors (Lipinski definition) is 1. The molecule has 1 aromatic rings. The van der Waals surface area contributed by atoms with Crippen LogP contribution in [0.5, 0.6) is 0 Å². The van der Waals surface area contributed by atoms with Crippen molar-refractivity contribution in [1.29, 1.82) is 0 Å². The van der Waals surface area contributed by atoms with Gasteiger partial charge in [0.15, 0.2) is 0 Å². The highest BCUT2D eigenvalue weighted by molar-refractivity contribution is 5.04. The lowest BCUT2D eigenvalue weighted by Crippen LogP contribution is -2.41. The third-order valence-electron chi connectivity index (χ3n) is 4.83. The first kappa shape index (κ1) is 16.5. The minimum Gasteiger partial charge on any atom is -0.378 e. The van der Waals surface area contributed by atoms with E-state index in [0.717, 1.165) is 38.8 Å². The molecule has 4 heteroatoms. The fraction of sp³-hybridized carbons (Fsp3) is 0.824. The topological polar surface area (TPSA) is 39.1 Å². The maximum atomic E-state index is 5.74. The van der Waals surface area contributed by atoms with Crippen LogP contribution in [0.3, 0.4) is 0 Å². The molecule has 4 nitrogen and oxygen atoms in total. The molecule has 0 bridgehead atoms. The van der Waals surface area contributed by atoms with Crippen LogP contribution in [0.1, 0.15) is 58.7 Å². The van der Waals surface area contributed by atoms with Gasteiger partial charge in [-0.05, 0) is 38.8 Å². The summed E-state index contributed by atoms with van der Waals surface area (Å²) in [4.78, 5) is 0. The van der Waals surface area contributed by atoms with E-state index in [9.17, 15) is 0 Å². The highest BCUT2D eigenvalue weighted by Crippen LogP contribution is 2.26. The van der Waals surface area contributed by atoms with Crippen LogP contribution in [-0.4, -0.2) is 35.1 Å². The van der Waals surface area contributed by atoms with Gasteiger partial charge in [-0.15, -0.1) is 0 Å². The van der Waals surface area contributed by atoms with Crippen molar-refractivity contribution in [1.82, 2.24) is 15.1 Å². The van der Waals surface area contributed by atoms with Crippen LogP contribution in [0, 0.1) is 5.92 Å². The first-order valence-electron chi connectivity index (χ1n) is 8.58. The van der Waals surface area contributed by atoms with Crippen molar-refractivity contribution in [3.63, 3.8) is 0 Å². The largest absolute Gasteiger partial charge is 0.378 e. The van der Waals surface area contributed by atoms with Gasteiger partial charge in [-0.2, -0.15) is 5.10 Å². The Morgan fingerprint density at radius 1 is 1.38 bits per heavy atom. The molecule has 3 unspecified atom stereocenters. The van der Waals surface area contributed by atoms with Gasteiger partial charge in [0.25, 0.3) is 0 Å². The predicted octanol–water partition coefficient (Wildman–Crippen LogP) is 3.19. The zero-order chi connectivity index (χ0) is 15.2. The third-order valence-corrected chi connectivity index (χ3v) is 4.83. The normalized spacial score (nSPS) is 23.9. The number of ether oxygens (including phenoxy) is 1. The van der Waals surface area contributed by atoms with Crippen LogP contribution in [0.2, 0.25) is 0 Å². The molecule has 1 aliphatic heterocycles. The Kier molecular flexibility index (Phi) is 6.24. The van der Waals surface area contributed by atoms with E-state index in [1.54, 1.807) is 0 Å². The lowest BCUT2D eigenvalue weighted by molar-refractivity contribution is 0.0954. The predicted molar refractivity (Wildman–Crippen MR) is 86.5 cm³/mol. The molecule has 0 saturated carbocycles. The SMILES string of the molecule is CCNC(Cc1ccn(C(CC)CC)n1)C1CCOC1C. The summed E-state index contributed by atoms with van der Waals surface area (Å²) in [5.74, 6) is 0.600. The maximum absolute atomic E-state index is 5.74. The van der Waals surface area contributed by atoms with Crippen LogP contribution >= 0.6 is 0 Å². The molecule has 1 fully saturated rings. The van der Waals surface area contributed by atoms with E-state index in [0.29, 0.717) is 24.1 Å². The molecule has 21 heavy (non-hydrogen) atoms. The van der Waals surface area contributed by atoms with E-state index >= 15 is 0 Å². The van der Waals surface area contributed by atoms with Gasteiger partial charge >= 0.3 is 0 Å². The highest BCUT2D eigenvalue weighted by Gasteiger charge is 2.31. The lowest BCUT2D eigenvalue weighted by atomic mass is 9.90. The number of nitrogens with one attached hydrogen (secondary N) is 1. The molecule has 2 heterocycles. The number of likely N-dealkylation sites (N-methyl/N-ethyl adjacent to an activating group) is 1. The van der Waals surface area contributed by atoms with E-state index < -0.39 is 0 Å². The highest BCUT2D eigenvalue weighted by atomic mass is 16.5. The molecule has 1 aromatic heterocycles. The Morgan fingerprint density at radius 3 is 2.71 bits per heavy atom.